The van der Waals surface area contributed by atoms with Crippen LogP contribution in [-0.2, 0) is 11.2 Å². The maximum absolute atomic E-state index is 12.2. The highest BCUT2D eigenvalue weighted by atomic mass is 16.2. The van der Waals surface area contributed by atoms with E-state index in [1.807, 2.05) is 32.2 Å². The minimum absolute atomic E-state index is 0.0336. The van der Waals surface area contributed by atoms with E-state index < -0.39 is 0 Å². The van der Waals surface area contributed by atoms with Crippen molar-refractivity contribution in [1.29, 1.82) is 0 Å². The number of H-pyrrole nitrogens is 1. The van der Waals surface area contributed by atoms with Gasteiger partial charge in [-0.25, -0.2) is 0 Å². The van der Waals surface area contributed by atoms with Crippen molar-refractivity contribution in [3.63, 3.8) is 0 Å². The summed E-state index contributed by atoms with van der Waals surface area (Å²) in [6.45, 7) is 5.92. The molecule has 0 saturated carbocycles. The average molecular weight is 363 g/mol. The van der Waals surface area contributed by atoms with E-state index in [9.17, 15) is 9.59 Å². The molecule has 27 heavy (non-hydrogen) atoms. The van der Waals surface area contributed by atoms with E-state index in [-0.39, 0.29) is 24.4 Å². The third-order valence-corrected chi connectivity index (χ3v) is 4.55. The standard InChI is InChI=1S/C22H25N3O2/c1-14-5-4-6-17(9-14)22(27)24-13-21(26)25-16(3)11-18-12-23-20-10-15(2)7-8-19(18)20/h4-10,12,16,23H,11,13H2,1-3H3,(H,24,27)(H,25,26). The molecule has 0 spiro atoms. The molecular formula is C22H25N3O2. The molecule has 1 heterocycles. The molecule has 0 aliphatic rings. The molecule has 2 aromatic carbocycles. The highest BCUT2D eigenvalue weighted by Gasteiger charge is 2.13. The van der Waals surface area contributed by atoms with Crippen LogP contribution in [0.1, 0.15) is 34.0 Å². The summed E-state index contributed by atoms with van der Waals surface area (Å²) in [5.74, 6) is -0.437. The Morgan fingerprint density at radius 3 is 2.63 bits per heavy atom. The third-order valence-electron chi connectivity index (χ3n) is 4.55. The Hall–Kier alpha value is -3.08. The predicted octanol–water partition coefficient (Wildman–Crippen LogP) is 3.26. The number of nitrogens with one attached hydrogen (secondary N) is 3. The normalized spacial score (nSPS) is 12.0. The molecule has 2 amide bonds. The first-order chi connectivity index (χ1) is 12.9. The van der Waals surface area contributed by atoms with Crippen LogP contribution in [0.5, 0.6) is 0 Å². The van der Waals surface area contributed by atoms with E-state index in [1.54, 1.807) is 12.1 Å². The first-order valence-corrected chi connectivity index (χ1v) is 9.13. The molecule has 0 fully saturated rings. The number of carbonyl (C=O) groups excluding carboxylic acids is 2. The highest BCUT2D eigenvalue weighted by molar-refractivity contribution is 5.96. The van der Waals surface area contributed by atoms with Crippen molar-refractivity contribution in [2.45, 2.75) is 33.2 Å². The molecule has 140 valence electrons. The van der Waals surface area contributed by atoms with Gasteiger partial charge in [0.1, 0.15) is 0 Å². The van der Waals surface area contributed by atoms with Crippen molar-refractivity contribution in [2.24, 2.45) is 0 Å². The largest absolute Gasteiger partial charge is 0.361 e. The van der Waals surface area contributed by atoms with Crippen LogP contribution >= 0.6 is 0 Å². The predicted molar refractivity (Wildman–Crippen MR) is 108 cm³/mol. The molecule has 5 heteroatoms. The zero-order valence-electron chi connectivity index (χ0n) is 15.9. The van der Waals surface area contributed by atoms with Gasteiger partial charge in [0.15, 0.2) is 0 Å². The number of fused-ring (bicyclic) bond motifs is 1. The lowest BCUT2D eigenvalue weighted by atomic mass is 10.0. The molecule has 1 unspecified atom stereocenters. The Bertz CT molecular complexity index is 975. The topological polar surface area (TPSA) is 74.0 Å². The Labute approximate surface area is 159 Å². The monoisotopic (exact) mass is 363 g/mol. The third kappa shape index (κ3) is 4.76. The molecule has 5 nitrogen and oxygen atoms in total. The van der Waals surface area contributed by atoms with Crippen molar-refractivity contribution in [2.75, 3.05) is 6.54 Å². The van der Waals surface area contributed by atoms with Gasteiger partial charge in [0.2, 0.25) is 5.91 Å². The minimum atomic E-state index is -0.242. The number of amides is 2. The van der Waals surface area contributed by atoms with E-state index in [2.05, 4.69) is 40.7 Å². The lowest BCUT2D eigenvalue weighted by Crippen LogP contribution is -2.41. The van der Waals surface area contributed by atoms with E-state index >= 15 is 0 Å². The molecule has 0 bridgehead atoms. The smallest absolute Gasteiger partial charge is 0.251 e. The van der Waals surface area contributed by atoms with Crippen molar-refractivity contribution >= 4 is 22.7 Å². The zero-order valence-corrected chi connectivity index (χ0v) is 15.9. The van der Waals surface area contributed by atoms with Gasteiger partial charge in [-0.2, -0.15) is 0 Å². The first-order valence-electron chi connectivity index (χ1n) is 9.13. The molecule has 0 saturated heterocycles. The van der Waals surface area contributed by atoms with Crippen LogP contribution in [0.3, 0.4) is 0 Å². The van der Waals surface area contributed by atoms with Gasteiger partial charge in [-0.1, -0.05) is 29.8 Å². The van der Waals surface area contributed by atoms with Gasteiger partial charge < -0.3 is 15.6 Å². The van der Waals surface area contributed by atoms with Gasteiger partial charge in [-0.05, 0) is 56.5 Å². The summed E-state index contributed by atoms with van der Waals surface area (Å²) in [4.78, 5) is 27.6. The van der Waals surface area contributed by atoms with Crippen molar-refractivity contribution < 1.29 is 9.59 Å². The van der Waals surface area contributed by atoms with Crippen LogP contribution in [0.15, 0.2) is 48.7 Å². The fourth-order valence-electron chi connectivity index (χ4n) is 3.22. The van der Waals surface area contributed by atoms with Crippen LogP contribution in [0.4, 0.5) is 0 Å². The van der Waals surface area contributed by atoms with E-state index in [0.717, 1.165) is 17.5 Å². The van der Waals surface area contributed by atoms with Gasteiger partial charge in [0.05, 0.1) is 6.54 Å². The summed E-state index contributed by atoms with van der Waals surface area (Å²) in [5.41, 5.74) is 5.05. The van der Waals surface area contributed by atoms with Gasteiger partial charge in [0.25, 0.3) is 5.91 Å². The van der Waals surface area contributed by atoms with Crippen LogP contribution in [0, 0.1) is 13.8 Å². The number of aromatic nitrogens is 1. The van der Waals surface area contributed by atoms with Crippen LogP contribution in [-0.4, -0.2) is 29.4 Å². The lowest BCUT2D eigenvalue weighted by Gasteiger charge is -2.14. The summed E-state index contributed by atoms with van der Waals surface area (Å²) < 4.78 is 0. The number of hydrogen-bond donors (Lipinski definition) is 3. The van der Waals surface area contributed by atoms with Gasteiger partial charge in [0, 0.05) is 28.7 Å². The van der Waals surface area contributed by atoms with Crippen LogP contribution in [0.2, 0.25) is 0 Å². The Kier molecular flexibility index (Phi) is 5.60. The van der Waals surface area contributed by atoms with Gasteiger partial charge in [-0.15, -0.1) is 0 Å². The van der Waals surface area contributed by atoms with E-state index in [0.29, 0.717) is 5.56 Å². The molecule has 3 rings (SSSR count). The van der Waals surface area contributed by atoms with Crippen molar-refractivity contribution in [3.05, 3.63) is 70.9 Å². The summed E-state index contributed by atoms with van der Waals surface area (Å²) >= 11 is 0. The minimum Gasteiger partial charge on any atom is -0.361 e. The lowest BCUT2D eigenvalue weighted by molar-refractivity contribution is -0.120. The Morgan fingerprint density at radius 1 is 1.07 bits per heavy atom. The van der Waals surface area contributed by atoms with Crippen molar-refractivity contribution in [1.82, 2.24) is 15.6 Å². The average Bonchev–Trinajstić information content (AvgIpc) is 3.01. The number of rotatable bonds is 6. The Morgan fingerprint density at radius 2 is 1.85 bits per heavy atom. The summed E-state index contributed by atoms with van der Waals surface area (Å²) in [7, 11) is 0. The fourth-order valence-corrected chi connectivity index (χ4v) is 3.22. The van der Waals surface area contributed by atoms with E-state index in [1.165, 1.54) is 16.5 Å². The maximum Gasteiger partial charge on any atom is 0.251 e. The molecule has 0 radical (unpaired) electrons. The molecule has 1 atom stereocenters. The van der Waals surface area contributed by atoms with Crippen LogP contribution in [0.25, 0.3) is 10.9 Å². The molecule has 3 N–H and O–H groups in total. The maximum atomic E-state index is 12.2. The number of aromatic amines is 1. The summed E-state index contributed by atoms with van der Waals surface area (Å²) in [6.07, 6.45) is 2.72. The summed E-state index contributed by atoms with van der Waals surface area (Å²) in [5, 5.41) is 6.79. The molecule has 1 aromatic heterocycles. The number of carbonyl (C=O) groups is 2. The second kappa shape index (κ2) is 8.08. The quantitative estimate of drug-likeness (QED) is 0.629. The SMILES string of the molecule is Cc1cccc(C(=O)NCC(=O)NC(C)Cc2c[nH]c3cc(C)ccc23)c1. The fraction of sp³-hybridized carbons (Fsp3) is 0.273. The van der Waals surface area contributed by atoms with Gasteiger partial charge >= 0.3 is 0 Å². The van der Waals surface area contributed by atoms with Gasteiger partial charge in [-0.3, -0.25) is 9.59 Å². The second-order valence-corrected chi connectivity index (χ2v) is 7.09. The molecule has 0 aliphatic heterocycles. The number of benzene rings is 2. The highest BCUT2D eigenvalue weighted by Crippen LogP contribution is 2.20. The zero-order chi connectivity index (χ0) is 19.4. The number of aryl methyl sites for hydroxylation is 2. The molecule has 0 aliphatic carbocycles. The van der Waals surface area contributed by atoms with Crippen LogP contribution < -0.4 is 10.6 Å². The number of hydrogen-bond acceptors (Lipinski definition) is 2. The molecule has 3 aromatic rings. The molecular weight excluding hydrogens is 338 g/mol. The first kappa shape index (κ1) is 18.7. The van der Waals surface area contributed by atoms with Crippen molar-refractivity contribution in [3.8, 4) is 0 Å². The Balaban J connectivity index is 1.52. The summed E-state index contributed by atoms with van der Waals surface area (Å²) in [6, 6.07) is 13.6. The second-order valence-electron chi connectivity index (χ2n) is 7.09. The van der Waals surface area contributed by atoms with E-state index in [4.69, 9.17) is 0 Å².